The van der Waals surface area contributed by atoms with E-state index in [-0.39, 0.29) is 5.82 Å². The number of benzene rings is 2. The lowest BCUT2D eigenvalue weighted by Crippen LogP contribution is -2.07. The van der Waals surface area contributed by atoms with Crippen molar-refractivity contribution in [2.45, 2.75) is 18.9 Å². The minimum Gasteiger partial charge on any atom is -0.378 e. The second-order valence-corrected chi connectivity index (χ2v) is 6.38. The molecule has 1 N–H and O–H groups in total. The van der Waals surface area contributed by atoms with E-state index in [1.165, 1.54) is 21.7 Å². The Bertz CT molecular complexity index is 628. The zero-order chi connectivity index (χ0) is 13.4. The molecule has 0 fully saturated rings. The van der Waals surface area contributed by atoms with Gasteiger partial charge < -0.3 is 5.32 Å². The summed E-state index contributed by atoms with van der Waals surface area (Å²) in [7, 11) is 0. The van der Waals surface area contributed by atoms with Crippen LogP contribution in [0.5, 0.6) is 0 Å². The number of hydrogen-bond donors (Lipinski definition) is 1. The van der Waals surface area contributed by atoms with E-state index in [1.54, 1.807) is 12.1 Å². The molecule has 1 aliphatic carbocycles. The van der Waals surface area contributed by atoms with Gasteiger partial charge >= 0.3 is 0 Å². The topological polar surface area (TPSA) is 12.0 Å². The fourth-order valence-electron chi connectivity index (χ4n) is 2.55. The first kappa shape index (κ1) is 13.1. The highest BCUT2D eigenvalue weighted by atomic mass is 79.9. The Hall–Kier alpha value is -0.870. The Morgan fingerprint density at radius 2 is 1.95 bits per heavy atom. The Morgan fingerprint density at radius 3 is 2.74 bits per heavy atom. The van der Waals surface area contributed by atoms with Gasteiger partial charge in [-0.15, -0.1) is 0 Å². The lowest BCUT2D eigenvalue weighted by atomic mass is 10.1. The largest absolute Gasteiger partial charge is 0.378 e. The normalized spacial score (nSPS) is 17.3. The highest BCUT2D eigenvalue weighted by Gasteiger charge is 2.23. The van der Waals surface area contributed by atoms with Crippen molar-refractivity contribution in [3.05, 3.63) is 62.3 Å². The lowest BCUT2D eigenvalue weighted by molar-refractivity contribution is 0.621. The van der Waals surface area contributed by atoms with Crippen LogP contribution in [0.4, 0.5) is 10.1 Å². The summed E-state index contributed by atoms with van der Waals surface area (Å²) in [6, 6.07) is 11.6. The van der Waals surface area contributed by atoms with Gasteiger partial charge in [0.15, 0.2) is 0 Å². The third-order valence-corrected chi connectivity index (χ3v) is 4.82. The fraction of sp³-hybridized carbons (Fsp3) is 0.200. The minimum absolute atomic E-state index is 0.236. The van der Waals surface area contributed by atoms with Crippen LogP contribution in [0, 0.1) is 5.82 Å². The molecule has 0 saturated carbocycles. The average Bonchev–Trinajstić information content (AvgIpc) is 2.79. The predicted octanol–water partition coefficient (Wildman–Crippen LogP) is 5.45. The molecule has 19 heavy (non-hydrogen) atoms. The second-order valence-electron chi connectivity index (χ2n) is 4.67. The molecule has 1 unspecified atom stereocenters. The summed E-state index contributed by atoms with van der Waals surface area (Å²) >= 11 is 6.81. The molecule has 0 spiro atoms. The van der Waals surface area contributed by atoms with E-state index in [0.717, 1.165) is 18.5 Å². The number of halogens is 3. The zero-order valence-corrected chi connectivity index (χ0v) is 13.3. The van der Waals surface area contributed by atoms with Gasteiger partial charge in [-0.05, 0) is 64.2 Å². The Morgan fingerprint density at radius 1 is 1.11 bits per heavy atom. The van der Waals surface area contributed by atoms with E-state index >= 15 is 0 Å². The van der Waals surface area contributed by atoms with Gasteiger partial charge in [-0.25, -0.2) is 4.39 Å². The van der Waals surface area contributed by atoms with Crippen molar-refractivity contribution in [1.29, 1.82) is 0 Å². The maximum atomic E-state index is 13.2. The number of fused-ring (bicyclic) bond motifs is 1. The first-order valence-corrected chi connectivity index (χ1v) is 7.72. The molecule has 1 atom stereocenters. The summed E-state index contributed by atoms with van der Waals surface area (Å²) < 4.78 is 14.9. The van der Waals surface area contributed by atoms with Crippen LogP contribution in [0.25, 0.3) is 0 Å². The molecule has 1 nitrogen and oxygen atoms in total. The van der Waals surface area contributed by atoms with Crippen LogP contribution in [-0.2, 0) is 6.42 Å². The number of hydrogen-bond acceptors (Lipinski definition) is 1. The number of rotatable bonds is 2. The molecule has 0 amide bonds. The summed E-state index contributed by atoms with van der Waals surface area (Å²) in [4.78, 5) is 0. The van der Waals surface area contributed by atoms with E-state index in [4.69, 9.17) is 0 Å². The zero-order valence-electron chi connectivity index (χ0n) is 10.1. The van der Waals surface area contributed by atoms with Crippen molar-refractivity contribution >= 4 is 37.5 Å². The molecule has 2 aromatic carbocycles. The van der Waals surface area contributed by atoms with Gasteiger partial charge in [-0.3, -0.25) is 0 Å². The maximum Gasteiger partial charge on any atom is 0.137 e. The van der Waals surface area contributed by atoms with Crippen molar-refractivity contribution in [2.75, 3.05) is 5.32 Å². The predicted molar refractivity (Wildman–Crippen MR) is 82.9 cm³/mol. The van der Waals surface area contributed by atoms with Crippen molar-refractivity contribution in [3.8, 4) is 0 Å². The van der Waals surface area contributed by atoms with Crippen LogP contribution in [-0.4, -0.2) is 0 Å². The Labute approximate surface area is 128 Å². The van der Waals surface area contributed by atoms with Crippen LogP contribution in [0.3, 0.4) is 0 Å². The molecule has 0 bridgehead atoms. The van der Waals surface area contributed by atoms with E-state index in [9.17, 15) is 4.39 Å². The van der Waals surface area contributed by atoms with Crippen molar-refractivity contribution in [1.82, 2.24) is 0 Å². The van der Waals surface area contributed by atoms with Crippen LogP contribution >= 0.6 is 31.9 Å². The fourth-order valence-corrected chi connectivity index (χ4v) is 3.51. The van der Waals surface area contributed by atoms with Crippen LogP contribution in [0.15, 0.2) is 45.3 Å². The van der Waals surface area contributed by atoms with Crippen LogP contribution < -0.4 is 5.32 Å². The minimum atomic E-state index is -0.236. The highest BCUT2D eigenvalue weighted by molar-refractivity contribution is 9.10. The van der Waals surface area contributed by atoms with Crippen LogP contribution in [0.2, 0.25) is 0 Å². The first-order chi connectivity index (χ1) is 9.15. The summed E-state index contributed by atoms with van der Waals surface area (Å²) in [6.45, 7) is 0. The molecule has 0 aromatic heterocycles. The molecular formula is C15H12Br2FN. The first-order valence-electron chi connectivity index (χ1n) is 6.14. The van der Waals surface area contributed by atoms with Gasteiger partial charge in [0.2, 0.25) is 0 Å². The van der Waals surface area contributed by atoms with Gasteiger partial charge in [-0.1, -0.05) is 28.1 Å². The molecule has 0 heterocycles. The standard InChI is InChI=1S/C15H12Br2FN/c16-12-3-1-2-11-10(12)5-7-15(11)19-9-4-6-14(18)13(17)8-9/h1-4,6,8,15,19H,5,7H2. The third kappa shape index (κ3) is 2.56. The molecule has 3 rings (SSSR count). The summed E-state index contributed by atoms with van der Waals surface area (Å²) in [5.41, 5.74) is 3.64. The third-order valence-electron chi connectivity index (χ3n) is 3.47. The monoisotopic (exact) mass is 383 g/mol. The van der Waals surface area contributed by atoms with E-state index in [1.807, 2.05) is 0 Å². The van der Waals surface area contributed by atoms with Gasteiger partial charge in [0, 0.05) is 10.2 Å². The molecular weight excluding hydrogens is 373 g/mol. The summed E-state index contributed by atoms with van der Waals surface area (Å²) in [5, 5.41) is 3.47. The molecule has 2 aromatic rings. The molecule has 98 valence electrons. The molecule has 0 radical (unpaired) electrons. The average molecular weight is 385 g/mol. The molecule has 0 aliphatic heterocycles. The van der Waals surface area contributed by atoms with Gasteiger partial charge in [0.05, 0.1) is 10.5 Å². The quantitative estimate of drug-likeness (QED) is 0.725. The Kier molecular flexibility index (Phi) is 3.63. The number of nitrogens with one attached hydrogen (secondary N) is 1. The van der Waals surface area contributed by atoms with Gasteiger partial charge in [-0.2, -0.15) is 0 Å². The smallest absolute Gasteiger partial charge is 0.137 e. The number of anilines is 1. The molecule has 1 aliphatic rings. The van der Waals surface area contributed by atoms with E-state index in [0.29, 0.717) is 10.5 Å². The molecule has 0 saturated heterocycles. The van der Waals surface area contributed by atoms with E-state index in [2.05, 4.69) is 55.4 Å². The Balaban J connectivity index is 1.86. The maximum absolute atomic E-state index is 13.2. The lowest BCUT2D eigenvalue weighted by Gasteiger charge is -2.16. The van der Waals surface area contributed by atoms with Crippen molar-refractivity contribution in [2.24, 2.45) is 0 Å². The molecule has 4 heteroatoms. The van der Waals surface area contributed by atoms with Gasteiger partial charge in [0.1, 0.15) is 5.82 Å². The van der Waals surface area contributed by atoms with E-state index < -0.39 is 0 Å². The van der Waals surface area contributed by atoms with Gasteiger partial charge in [0.25, 0.3) is 0 Å². The summed E-state index contributed by atoms with van der Waals surface area (Å²) in [6.07, 6.45) is 2.13. The SMILES string of the molecule is Fc1ccc(NC2CCc3c(Br)cccc32)cc1Br. The van der Waals surface area contributed by atoms with Crippen molar-refractivity contribution < 1.29 is 4.39 Å². The summed E-state index contributed by atoms with van der Waals surface area (Å²) in [5.74, 6) is -0.236. The second kappa shape index (κ2) is 5.25. The van der Waals surface area contributed by atoms with Crippen molar-refractivity contribution in [3.63, 3.8) is 0 Å². The van der Waals surface area contributed by atoms with Crippen LogP contribution in [0.1, 0.15) is 23.6 Å². The highest BCUT2D eigenvalue weighted by Crippen LogP contribution is 2.37.